The average molecular weight is 424 g/mol. The minimum absolute atomic E-state index is 0.174. The first-order chi connectivity index (χ1) is 12.9. The zero-order chi connectivity index (χ0) is 19.4. The normalized spacial score (nSPS) is 14.0. The Kier molecular flexibility index (Phi) is 6.55. The zero-order valence-corrected chi connectivity index (χ0v) is 17.0. The van der Waals surface area contributed by atoms with Crippen molar-refractivity contribution in [1.29, 1.82) is 0 Å². The minimum Gasteiger partial charge on any atom is -0.378 e. The number of aryl methyl sites for hydroxylation is 1. The molecule has 0 atom stereocenters. The van der Waals surface area contributed by atoms with E-state index in [9.17, 15) is 4.79 Å². The molecular weight excluding hydrogens is 405 g/mol. The number of carbonyl (C=O) groups excluding carboxylic acids is 1. The number of halogens is 2. The Balaban J connectivity index is 1.73. The summed E-state index contributed by atoms with van der Waals surface area (Å²) >= 11 is 17.6. The molecule has 1 heterocycles. The SMILES string of the molecule is Cc1ccc(C(=O)NC(=S)Nc2cc(Cl)ccc2N2CCOCC2)c(Cl)c1. The molecule has 0 unspecified atom stereocenters. The summed E-state index contributed by atoms with van der Waals surface area (Å²) in [6.45, 7) is 4.78. The van der Waals surface area contributed by atoms with Gasteiger partial charge < -0.3 is 15.0 Å². The number of morpholine rings is 1. The first-order valence-electron chi connectivity index (χ1n) is 8.45. The lowest BCUT2D eigenvalue weighted by molar-refractivity contribution is 0.0978. The van der Waals surface area contributed by atoms with E-state index in [0.717, 1.165) is 30.0 Å². The van der Waals surface area contributed by atoms with Gasteiger partial charge in [0, 0.05) is 18.1 Å². The number of amides is 1. The number of carbonyl (C=O) groups is 1. The summed E-state index contributed by atoms with van der Waals surface area (Å²) in [5.41, 5.74) is 3.02. The van der Waals surface area contributed by atoms with Gasteiger partial charge in [0.15, 0.2) is 5.11 Å². The van der Waals surface area contributed by atoms with Crippen LogP contribution in [0.15, 0.2) is 36.4 Å². The molecule has 1 amide bonds. The van der Waals surface area contributed by atoms with Gasteiger partial charge in [0.05, 0.1) is 35.2 Å². The van der Waals surface area contributed by atoms with E-state index < -0.39 is 0 Å². The van der Waals surface area contributed by atoms with E-state index in [0.29, 0.717) is 28.8 Å². The fraction of sp³-hybridized carbons (Fsp3) is 0.263. The molecule has 0 bridgehead atoms. The van der Waals surface area contributed by atoms with Gasteiger partial charge in [0.2, 0.25) is 0 Å². The maximum absolute atomic E-state index is 12.5. The van der Waals surface area contributed by atoms with Crippen molar-refractivity contribution in [3.8, 4) is 0 Å². The second-order valence-corrected chi connectivity index (χ2v) is 7.40. The smallest absolute Gasteiger partial charge is 0.258 e. The van der Waals surface area contributed by atoms with Crippen LogP contribution in [0.2, 0.25) is 10.0 Å². The number of nitrogens with one attached hydrogen (secondary N) is 2. The average Bonchev–Trinajstić information content (AvgIpc) is 2.62. The Morgan fingerprint density at radius 3 is 2.59 bits per heavy atom. The molecule has 142 valence electrons. The van der Waals surface area contributed by atoms with E-state index >= 15 is 0 Å². The van der Waals surface area contributed by atoms with Crippen LogP contribution in [-0.2, 0) is 4.74 Å². The number of anilines is 2. The van der Waals surface area contributed by atoms with Gasteiger partial charge in [-0.25, -0.2) is 0 Å². The van der Waals surface area contributed by atoms with Crippen LogP contribution in [0.3, 0.4) is 0 Å². The molecule has 3 rings (SSSR count). The minimum atomic E-state index is -0.368. The van der Waals surface area contributed by atoms with Crippen LogP contribution in [-0.4, -0.2) is 37.3 Å². The van der Waals surface area contributed by atoms with Crippen molar-refractivity contribution >= 4 is 57.8 Å². The number of benzene rings is 2. The van der Waals surface area contributed by atoms with Crippen molar-refractivity contribution in [2.45, 2.75) is 6.92 Å². The predicted octanol–water partition coefficient (Wildman–Crippen LogP) is 4.27. The van der Waals surface area contributed by atoms with E-state index in [4.69, 9.17) is 40.2 Å². The Morgan fingerprint density at radius 2 is 1.89 bits per heavy atom. The quantitative estimate of drug-likeness (QED) is 0.721. The highest BCUT2D eigenvalue weighted by Crippen LogP contribution is 2.30. The Hall–Kier alpha value is -1.86. The Bertz CT molecular complexity index is 870. The van der Waals surface area contributed by atoms with Crippen LogP contribution in [0.4, 0.5) is 11.4 Å². The van der Waals surface area contributed by atoms with Crippen LogP contribution >= 0.6 is 35.4 Å². The van der Waals surface area contributed by atoms with Crippen molar-refractivity contribution in [2.75, 3.05) is 36.5 Å². The molecule has 0 radical (unpaired) electrons. The third-order valence-corrected chi connectivity index (χ3v) is 4.91. The standard InChI is InChI=1S/C19H19Cl2N3O2S/c1-12-2-4-14(15(21)10-12)18(25)23-19(27)22-16-11-13(20)3-5-17(16)24-6-8-26-9-7-24/h2-5,10-11H,6-9H2,1H3,(H2,22,23,25,27). The van der Waals surface area contributed by atoms with Gasteiger partial charge >= 0.3 is 0 Å². The largest absolute Gasteiger partial charge is 0.378 e. The number of hydrogen-bond donors (Lipinski definition) is 2. The number of rotatable bonds is 3. The summed E-state index contributed by atoms with van der Waals surface area (Å²) in [5.74, 6) is -0.368. The number of ether oxygens (including phenoxy) is 1. The molecule has 0 spiro atoms. The van der Waals surface area contributed by atoms with Crippen molar-refractivity contribution in [3.63, 3.8) is 0 Å². The number of nitrogens with zero attached hydrogens (tertiary/aromatic N) is 1. The van der Waals surface area contributed by atoms with Gasteiger partial charge in [-0.05, 0) is 55.0 Å². The van der Waals surface area contributed by atoms with Crippen molar-refractivity contribution < 1.29 is 9.53 Å². The molecule has 8 heteroatoms. The van der Waals surface area contributed by atoms with Crippen LogP contribution in [0.25, 0.3) is 0 Å². The van der Waals surface area contributed by atoms with Crippen LogP contribution < -0.4 is 15.5 Å². The van der Waals surface area contributed by atoms with Crippen molar-refractivity contribution in [2.24, 2.45) is 0 Å². The molecule has 2 N–H and O–H groups in total. The molecule has 5 nitrogen and oxygen atoms in total. The van der Waals surface area contributed by atoms with Crippen molar-refractivity contribution in [3.05, 3.63) is 57.6 Å². The fourth-order valence-electron chi connectivity index (χ4n) is 2.82. The van der Waals surface area contributed by atoms with Gasteiger partial charge in [-0.1, -0.05) is 29.3 Å². The molecule has 2 aromatic rings. The zero-order valence-electron chi connectivity index (χ0n) is 14.7. The highest BCUT2D eigenvalue weighted by Gasteiger charge is 2.17. The molecule has 27 heavy (non-hydrogen) atoms. The highest BCUT2D eigenvalue weighted by atomic mass is 35.5. The summed E-state index contributed by atoms with van der Waals surface area (Å²) in [6, 6.07) is 10.8. The second kappa shape index (κ2) is 8.89. The second-order valence-electron chi connectivity index (χ2n) is 6.15. The summed E-state index contributed by atoms with van der Waals surface area (Å²) in [4.78, 5) is 14.6. The Morgan fingerprint density at radius 1 is 1.15 bits per heavy atom. The first kappa shape index (κ1) is 19.9. The fourth-order valence-corrected chi connectivity index (χ4v) is 3.51. The molecule has 1 saturated heterocycles. The maximum Gasteiger partial charge on any atom is 0.258 e. The van der Waals surface area contributed by atoms with Crippen LogP contribution in [0.1, 0.15) is 15.9 Å². The van der Waals surface area contributed by atoms with Crippen molar-refractivity contribution in [1.82, 2.24) is 5.32 Å². The predicted molar refractivity (Wildman–Crippen MR) is 114 cm³/mol. The number of thiocarbonyl (C=S) groups is 1. The lowest BCUT2D eigenvalue weighted by Gasteiger charge is -2.30. The summed E-state index contributed by atoms with van der Waals surface area (Å²) < 4.78 is 5.40. The third-order valence-electron chi connectivity index (χ3n) is 4.15. The topological polar surface area (TPSA) is 53.6 Å². The van der Waals surface area contributed by atoms with Gasteiger partial charge in [0.1, 0.15) is 0 Å². The first-order valence-corrected chi connectivity index (χ1v) is 9.61. The van der Waals surface area contributed by atoms with Gasteiger partial charge in [-0.2, -0.15) is 0 Å². The molecule has 1 fully saturated rings. The maximum atomic E-state index is 12.5. The van der Waals surface area contributed by atoms with E-state index in [-0.39, 0.29) is 11.0 Å². The van der Waals surface area contributed by atoms with Gasteiger partial charge in [-0.15, -0.1) is 0 Å². The van der Waals surface area contributed by atoms with Crippen LogP contribution in [0.5, 0.6) is 0 Å². The van der Waals surface area contributed by atoms with Crippen LogP contribution in [0, 0.1) is 6.92 Å². The molecule has 1 aliphatic heterocycles. The third kappa shape index (κ3) is 5.11. The van der Waals surface area contributed by atoms with Gasteiger partial charge in [-0.3, -0.25) is 10.1 Å². The Labute approximate surface area is 173 Å². The molecule has 2 aromatic carbocycles. The summed E-state index contributed by atoms with van der Waals surface area (Å²) in [7, 11) is 0. The van der Waals surface area contributed by atoms with E-state index in [2.05, 4.69) is 15.5 Å². The molecule has 1 aliphatic rings. The molecular formula is C19H19Cl2N3O2S. The lowest BCUT2D eigenvalue weighted by Crippen LogP contribution is -2.38. The lowest BCUT2D eigenvalue weighted by atomic mass is 10.1. The molecule has 0 aromatic heterocycles. The van der Waals surface area contributed by atoms with E-state index in [1.807, 2.05) is 25.1 Å². The molecule has 0 saturated carbocycles. The summed E-state index contributed by atoms with van der Waals surface area (Å²) in [6.07, 6.45) is 0. The molecule has 0 aliphatic carbocycles. The van der Waals surface area contributed by atoms with E-state index in [1.165, 1.54) is 0 Å². The summed E-state index contributed by atoms with van der Waals surface area (Å²) in [5, 5.41) is 6.87. The number of hydrogen-bond acceptors (Lipinski definition) is 4. The highest BCUT2D eigenvalue weighted by molar-refractivity contribution is 7.80. The van der Waals surface area contributed by atoms with Gasteiger partial charge in [0.25, 0.3) is 5.91 Å². The van der Waals surface area contributed by atoms with E-state index in [1.54, 1.807) is 18.2 Å². The monoisotopic (exact) mass is 423 g/mol.